The lowest BCUT2D eigenvalue weighted by Crippen LogP contribution is -2.30. The van der Waals surface area contributed by atoms with Crippen LogP contribution in [0.15, 0.2) is 42.5 Å². The van der Waals surface area contributed by atoms with Crippen molar-refractivity contribution in [2.24, 2.45) is 0 Å². The van der Waals surface area contributed by atoms with Gasteiger partial charge in [-0.3, -0.25) is 14.9 Å². The van der Waals surface area contributed by atoms with E-state index in [2.05, 4.69) is 10.6 Å². The van der Waals surface area contributed by atoms with Crippen LogP contribution in [0.4, 0.5) is 11.4 Å². The van der Waals surface area contributed by atoms with E-state index in [0.29, 0.717) is 10.6 Å². The van der Waals surface area contributed by atoms with E-state index < -0.39 is 4.92 Å². The summed E-state index contributed by atoms with van der Waals surface area (Å²) in [6, 6.07) is 11.9. The molecule has 0 bridgehead atoms. The van der Waals surface area contributed by atoms with E-state index >= 15 is 0 Å². The lowest BCUT2D eigenvalue weighted by Gasteiger charge is -2.15. The number of aryl methyl sites for hydroxylation is 1. The molecule has 2 aromatic carbocycles. The third-order valence-electron chi connectivity index (χ3n) is 3.63. The topological polar surface area (TPSA) is 84.3 Å². The lowest BCUT2D eigenvalue weighted by molar-refractivity contribution is -0.384. The first-order chi connectivity index (χ1) is 11.4. The predicted octanol–water partition coefficient (Wildman–Crippen LogP) is 3.85. The number of hydrogen-bond donors (Lipinski definition) is 2. The third-order valence-corrected chi connectivity index (χ3v) is 3.86. The normalized spacial score (nSPS) is 11.8. The number of carbonyl (C=O) groups excluding carboxylic acids is 1. The molecule has 0 unspecified atom stereocenters. The Morgan fingerprint density at radius 3 is 2.67 bits per heavy atom. The van der Waals surface area contributed by atoms with E-state index in [1.807, 2.05) is 25.1 Å². The summed E-state index contributed by atoms with van der Waals surface area (Å²) in [4.78, 5) is 22.7. The number of benzene rings is 2. The number of nitro benzene ring substituents is 1. The zero-order valence-electron chi connectivity index (χ0n) is 13.4. The first-order valence-electron chi connectivity index (χ1n) is 7.41. The Kier molecular flexibility index (Phi) is 5.89. The summed E-state index contributed by atoms with van der Waals surface area (Å²) in [5, 5.41) is 17.4. The van der Waals surface area contributed by atoms with Crippen molar-refractivity contribution >= 4 is 28.9 Å². The van der Waals surface area contributed by atoms with Crippen LogP contribution in [-0.4, -0.2) is 17.4 Å². The minimum absolute atomic E-state index is 0.0270. The van der Waals surface area contributed by atoms with Gasteiger partial charge >= 0.3 is 0 Å². The second-order valence-electron chi connectivity index (χ2n) is 5.43. The molecule has 0 heterocycles. The van der Waals surface area contributed by atoms with Gasteiger partial charge in [-0.25, -0.2) is 0 Å². The van der Waals surface area contributed by atoms with Gasteiger partial charge in [-0.1, -0.05) is 35.9 Å². The maximum atomic E-state index is 12.1. The third kappa shape index (κ3) is 4.53. The average molecular weight is 348 g/mol. The zero-order valence-corrected chi connectivity index (χ0v) is 14.1. The Labute approximate surface area is 145 Å². The smallest absolute Gasteiger partial charge is 0.293 e. The van der Waals surface area contributed by atoms with Gasteiger partial charge in [0.25, 0.3) is 5.69 Å². The number of carbonyl (C=O) groups is 1. The first kappa shape index (κ1) is 17.9. The molecule has 0 radical (unpaired) electrons. The number of halogens is 1. The van der Waals surface area contributed by atoms with Gasteiger partial charge in [-0.05, 0) is 37.1 Å². The number of amides is 1. The summed E-state index contributed by atoms with van der Waals surface area (Å²) in [6.07, 6.45) is 0. The summed E-state index contributed by atoms with van der Waals surface area (Å²) in [5.41, 5.74) is 1.70. The van der Waals surface area contributed by atoms with Crippen molar-refractivity contribution < 1.29 is 9.72 Å². The maximum absolute atomic E-state index is 12.1. The van der Waals surface area contributed by atoms with Crippen LogP contribution in [0.25, 0.3) is 0 Å². The largest absolute Gasteiger partial charge is 0.319 e. The number of nitro groups is 1. The molecule has 0 aliphatic rings. The number of nitrogens with one attached hydrogen (secondary N) is 2. The molecule has 0 aliphatic carbocycles. The van der Waals surface area contributed by atoms with Crippen LogP contribution >= 0.6 is 11.6 Å². The minimum atomic E-state index is -0.509. The average Bonchev–Trinajstić information content (AvgIpc) is 2.54. The molecule has 0 saturated carbocycles. The molecule has 0 fully saturated rings. The fraction of sp³-hybridized carbons (Fsp3) is 0.235. The standard InChI is InChI=1S/C17H18ClN3O3/c1-11-5-3-8-15(21(23)24)17(11)20-16(22)10-19-12(2)13-6-4-7-14(18)9-13/h3-9,12,19H,10H2,1-2H3,(H,20,22)/t12-/m1/s1. The lowest BCUT2D eigenvalue weighted by atomic mass is 10.1. The van der Waals surface area contributed by atoms with Gasteiger partial charge < -0.3 is 10.6 Å². The number of anilines is 1. The molecule has 1 amide bonds. The van der Waals surface area contributed by atoms with Crippen LogP contribution in [-0.2, 0) is 4.79 Å². The minimum Gasteiger partial charge on any atom is -0.319 e. The highest BCUT2D eigenvalue weighted by Gasteiger charge is 2.18. The molecule has 24 heavy (non-hydrogen) atoms. The summed E-state index contributed by atoms with van der Waals surface area (Å²) in [5.74, 6) is -0.346. The Morgan fingerprint density at radius 1 is 1.29 bits per heavy atom. The quantitative estimate of drug-likeness (QED) is 0.614. The SMILES string of the molecule is Cc1cccc([N+](=O)[O-])c1NC(=O)CN[C@H](C)c1cccc(Cl)c1. The van der Waals surface area contributed by atoms with Crippen LogP contribution in [0.1, 0.15) is 24.1 Å². The molecule has 2 N–H and O–H groups in total. The van der Waals surface area contributed by atoms with Crippen LogP contribution in [0, 0.1) is 17.0 Å². The number of rotatable bonds is 6. The summed E-state index contributed by atoms with van der Waals surface area (Å²) >= 11 is 5.95. The second-order valence-corrected chi connectivity index (χ2v) is 5.87. The molecule has 2 rings (SSSR count). The number of para-hydroxylation sites is 1. The van der Waals surface area contributed by atoms with Crippen molar-refractivity contribution in [3.63, 3.8) is 0 Å². The van der Waals surface area contributed by atoms with Gasteiger partial charge in [0.2, 0.25) is 5.91 Å². The van der Waals surface area contributed by atoms with Crippen LogP contribution < -0.4 is 10.6 Å². The summed E-state index contributed by atoms with van der Waals surface area (Å²) in [6.45, 7) is 3.65. The Balaban J connectivity index is 2.01. The van der Waals surface area contributed by atoms with Gasteiger partial charge in [0.1, 0.15) is 5.69 Å². The van der Waals surface area contributed by atoms with Crippen molar-refractivity contribution in [1.82, 2.24) is 5.32 Å². The van der Waals surface area contributed by atoms with Crippen molar-refractivity contribution in [3.05, 3.63) is 68.7 Å². The monoisotopic (exact) mass is 347 g/mol. The van der Waals surface area contributed by atoms with Crippen LogP contribution in [0.5, 0.6) is 0 Å². The highest BCUT2D eigenvalue weighted by Crippen LogP contribution is 2.27. The molecule has 0 aliphatic heterocycles. The molecule has 2 aromatic rings. The Morgan fingerprint density at radius 2 is 2.00 bits per heavy atom. The highest BCUT2D eigenvalue weighted by molar-refractivity contribution is 6.30. The molecule has 0 saturated heterocycles. The zero-order chi connectivity index (χ0) is 17.7. The molecule has 6 nitrogen and oxygen atoms in total. The second kappa shape index (κ2) is 7.90. The molecule has 7 heteroatoms. The highest BCUT2D eigenvalue weighted by atomic mass is 35.5. The summed E-state index contributed by atoms with van der Waals surface area (Å²) < 4.78 is 0. The van der Waals surface area contributed by atoms with Gasteiger partial charge in [0, 0.05) is 17.1 Å². The van der Waals surface area contributed by atoms with Crippen molar-refractivity contribution in [3.8, 4) is 0 Å². The maximum Gasteiger partial charge on any atom is 0.293 e. The van der Waals surface area contributed by atoms with Gasteiger partial charge in [0.05, 0.1) is 11.5 Å². The Bertz CT molecular complexity index is 764. The fourth-order valence-electron chi connectivity index (χ4n) is 2.29. The predicted molar refractivity (Wildman–Crippen MR) is 94.3 cm³/mol. The molecular formula is C17H18ClN3O3. The molecular weight excluding hydrogens is 330 g/mol. The fourth-order valence-corrected chi connectivity index (χ4v) is 2.49. The van der Waals surface area contributed by atoms with Crippen LogP contribution in [0.3, 0.4) is 0 Å². The van der Waals surface area contributed by atoms with Crippen molar-refractivity contribution in [2.75, 3.05) is 11.9 Å². The van der Waals surface area contributed by atoms with E-state index in [1.165, 1.54) is 6.07 Å². The van der Waals surface area contributed by atoms with Crippen LogP contribution in [0.2, 0.25) is 5.02 Å². The van der Waals surface area contributed by atoms with E-state index in [4.69, 9.17) is 11.6 Å². The van der Waals surface area contributed by atoms with Gasteiger partial charge in [-0.2, -0.15) is 0 Å². The van der Waals surface area contributed by atoms with E-state index in [-0.39, 0.29) is 29.9 Å². The Hall–Kier alpha value is -2.44. The van der Waals surface area contributed by atoms with E-state index in [0.717, 1.165) is 5.56 Å². The van der Waals surface area contributed by atoms with Gasteiger partial charge in [0.15, 0.2) is 0 Å². The van der Waals surface area contributed by atoms with Crippen molar-refractivity contribution in [2.45, 2.75) is 19.9 Å². The van der Waals surface area contributed by atoms with Crippen molar-refractivity contribution in [1.29, 1.82) is 0 Å². The number of nitrogens with zero attached hydrogens (tertiary/aromatic N) is 1. The number of hydrogen-bond acceptors (Lipinski definition) is 4. The molecule has 0 aromatic heterocycles. The van der Waals surface area contributed by atoms with Gasteiger partial charge in [-0.15, -0.1) is 0 Å². The van der Waals surface area contributed by atoms with E-state index in [9.17, 15) is 14.9 Å². The first-order valence-corrected chi connectivity index (χ1v) is 7.79. The molecule has 126 valence electrons. The molecule has 0 spiro atoms. The summed E-state index contributed by atoms with van der Waals surface area (Å²) in [7, 11) is 0. The molecule has 1 atom stereocenters. The van der Waals surface area contributed by atoms with E-state index in [1.54, 1.807) is 25.1 Å².